The normalized spacial score (nSPS) is 20.8. The Morgan fingerprint density at radius 1 is 1.13 bits per heavy atom. The molecule has 0 spiro atoms. The number of ketones is 1. The Hall–Kier alpha value is -1.63. The Kier molecular flexibility index (Phi) is 2.55. The van der Waals surface area contributed by atoms with Gasteiger partial charge in [0, 0.05) is 11.1 Å². The average molecular weight is 198 g/mol. The van der Waals surface area contributed by atoms with Gasteiger partial charge in [0.2, 0.25) is 0 Å². The average Bonchev–Trinajstić information content (AvgIpc) is 2.29. The van der Waals surface area contributed by atoms with Crippen LogP contribution in [0.25, 0.3) is 0 Å². The van der Waals surface area contributed by atoms with Gasteiger partial charge in [-0.15, -0.1) is 0 Å². The highest BCUT2D eigenvalue weighted by atomic mass is 16.1. The van der Waals surface area contributed by atoms with E-state index < -0.39 is 0 Å². The third kappa shape index (κ3) is 1.54. The largest absolute Gasteiger partial charge is 0.289 e. The Morgan fingerprint density at radius 2 is 1.87 bits per heavy atom. The monoisotopic (exact) mass is 198 g/mol. The van der Waals surface area contributed by atoms with Crippen molar-refractivity contribution in [3.05, 3.63) is 58.7 Å². The minimum atomic E-state index is 0.160. The molecule has 0 amide bonds. The first-order valence-electron chi connectivity index (χ1n) is 5.22. The molecule has 1 aliphatic rings. The van der Waals surface area contributed by atoms with Crippen molar-refractivity contribution in [1.82, 2.24) is 0 Å². The van der Waals surface area contributed by atoms with Crippen LogP contribution in [0, 0.1) is 0 Å². The molecule has 0 fully saturated rings. The lowest BCUT2D eigenvalue weighted by atomic mass is 9.83. The summed E-state index contributed by atoms with van der Waals surface area (Å²) in [6.45, 7) is 3.91. The standard InChI is InChI=1S/C14H14O/c1-3-10-9-11-7-5-6-8-13(11)14(15)12(10)4-2/h3-8H,9H2,1-2H3. The molecular formula is C14H14O. The molecule has 0 aliphatic heterocycles. The fourth-order valence-electron chi connectivity index (χ4n) is 2.06. The number of hydrogen-bond acceptors (Lipinski definition) is 1. The van der Waals surface area contributed by atoms with Crippen molar-refractivity contribution >= 4 is 5.78 Å². The first-order valence-corrected chi connectivity index (χ1v) is 5.22. The van der Waals surface area contributed by atoms with Crippen LogP contribution < -0.4 is 0 Å². The molecule has 2 rings (SSSR count). The van der Waals surface area contributed by atoms with Gasteiger partial charge in [-0.3, -0.25) is 4.79 Å². The molecule has 1 nitrogen and oxygen atoms in total. The van der Waals surface area contributed by atoms with Crippen molar-refractivity contribution < 1.29 is 4.79 Å². The third-order valence-electron chi connectivity index (χ3n) is 2.87. The van der Waals surface area contributed by atoms with Crippen molar-refractivity contribution in [3.8, 4) is 0 Å². The number of carbonyl (C=O) groups excluding carboxylic acids is 1. The zero-order valence-corrected chi connectivity index (χ0v) is 9.08. The second-order valence-electron chi connectivity index (χ2n) is 3.68. The predicted octanol–water partition coefficient (Wildman–Crippen LogP) is 3.32. The summed E-state index contributed by atoms with van der Waals surface area (Å²) in [5.41, 5.74) is 4.00. The van der Waals surface area contributed by atoms with Crippen LogP contribution in [-0.2, 0) is 6.42 Å². The highest BCUT2D eigenvalue weighted by molar-refractivity contribution is 6.14. The van der Waals surface area contributed by atoms with Crippen LogP contribution in [0.5, 0.6) is 0 Å². The maximum absolute atomic E-state index is 12.1. The van der Waals surface area contributed by atoms with Gasteiger partial charge in [0.25, 0.3) is 0 Å². The van der Waals surface area contributed by atoms with Crippen LogP contribution >= 0.6 is 0 Å². The number of benzene rings is 1. The van der Waals surface area contributed by atoms with E-state index in [4.69, 9.17) is 0 Å². The number of allylic oxidation sites excluding steroid dienone is 4. The highest BCUT2D eigenvalue weighted by Crippen LogP contribution is 2.28. The third-order valence-corrected chi connectivity index (χ3v) is 2.87. The molecule has 0 N–H and O–H groups in total. The van der Waals surface area contributed by atoms with Gasteiger partial charge in [-0.2, -0.15) is 0 Å². The van der Waals surface area contributed by atoms with Crippen LogP contribution in [0.4, 0.5) is 0 Å². The van der Waals surface area contributed by atoms with E-state index in [1.165, 1.54) is 0 Å². The van der Waals surface area contributed by atoms with Gasteiger partial charge in [0.1, 0.15) is 0 Å². The molecule has 1 aromatic rings. The summed E-state index contributed by atoms with van der Waals surface area (Å²) in [6.07, 6.45) is 4.81. The van der Waals surface area contributed by atoms with Crippen LogP contribution in [0.1, 0.15) is 29.8 Å². The Labute approximate surface area is 90.1 Å². The quantitative estimate of drug-likeness (QED) is 0.584. The van der Waals surface area contributed by atoms with E-state index in [1.54, 1.807) is 0 Å². The van der Waals surface area contributed by atoms with Crippen molar-refractivity contribution in [1.29, 1.82) is 0 Å². The van der Waals surface area contributed by atoms with E-state index in [9.17, 15) is 4.79 Å². The number of carbonyl (C=O) groups is 1. The lowest BCUT2D eigenvalue weighted by Crippen LogP contribution is -2.16. The van der Waals surface area contributed by atoms with E-state index in [1.807, 2.05) is 50.3 Å². The molecule has 15 heavy (non-hydrogen) atoms. The number of Topliss-reactive ketones (excluding diaryl/α,β-unsaturated/α-hetero) is 1. The van der Waals surface area contributed by atoms with Crippen LogP contribution in [0.3, 0.4) is 0 Å². The fourth-order valence-corrected chi connectivity index (χ4v) is 2.06. The van der Waals surface area contributed by atoms with Gasteiger partial charge >= 0.3 is 0 Å². The minimum absolute atomic E-state index is 0.160. The maximum atomic E-state index is 12.1. The van der Waals surface area contributed by atoms with Crippen molar-refractivity contribution in [3.63, 3.8) is 0 Å². The highest BCUT2D eigenvalue weighted by Gasteiger charge is 2.23. The van der Waals surface area contributed by atoms with Crippen molar-refractivity contribution in [2.75, 3.05) is 0 Å². The maximum Gasteiger partial charge on any atom is 0.193 e. The first kappa shape index (κ1) is 9.91. The molecule has 0 bridgehead atoms. The molecule has 1 aliphatic carbocycles. The summed E-state index contributed by atoms with van der Waals surface area (Å²) < 4.78 is 0. The molecule has 0 atom stereocenters. The van der Waals surface area contributed by atoms with Crippen LogP contribution in [0.15, 0.2) is 47.6 Å². The summed E-state index contributed by atoms with van der Waals surface area (Å²) in [6, 6.07) is 7.85. The number of fused-ring (bicyclic) bond motifs is 1. The first-order chi connectivity index (χ1) is 7.27. The summed E-state index contributed by atoms with van der Waals surface area (Å²) in [5, 5.41) is 0. The van der Waals surface area contributed by atoms with Gasteiger partial charge in [-0.1, -0.05) is 36.4 Å². The number of rotatable bonds is 0. The zero-order valence-electron chi connectivity index (χ0n) is 9.08. The fraction of sp³-hybridized carbons (Fsp3) is 0.214. The van der Waals surface area contributed by atoms with Crippen molar-refractivity contribution in [2.45, 2.75) is 20.3 Å². The Bertz CT molecular complexity index is 464. The van der Waals surface area contributed by atoms with Gasteiger partial charge in [0.05, 0.1) is 0 Å². The Morgan fingerprint density at radius 3 is 2.53 bits per heavy atom. The van der Waals surface area contributed by atoms with Gasteiger partial charge in [-0.05, 0) is 31.4 Å². The molecule has 76 valence electrons. The summed E-state index contributed by atoms with van der Waals surface area (Å²) in [4.78, 5) is 12.1. The zero-order chi connectivity index (χ0) is 10.8. The molecular weight excluding hydrogens is 184 g/mol. The second-order valence-corrected chi connectivity index (χ2v) is 3.68. The van der Waals surface area contributed by atoms with Gasteiger partial charge < -0.3 is 0 Å². The Balaban J connectivity index is 2.60. The molecule has 0 radical (unpaired) electrons. The van der Waals surface area contributed by atoms with Crippen molar-refractivity contribution in [2.24, 2.45) is 0 Å². The lowest BCUT2D eigenvalue weighted by Gasteiger charge is -2.20. The molecule has 0 saturated heterocycles. The van der Waals surface area contributed by atoms with E-state index in [0.717, 1.165) is 28.7 Å². The molecule has 0 unspecified atom stereocenters. The van der Waals surface area contributed by atoms with Crippen LogP contribution in [0.2, 0.25) is 0 Å². The van der Waals surface area contributed by atoms with Gasteiger partial charge in [-0.25, -0.2) is 0 Å². The van der Waals surface area contributed by atoms with E-state index in [0.29, 0.717) is 0 Å². The second kappa shape index (κ2) is 3.85. The number of hydrogen-bond donors (Lipinski definition) is 0. The van der Waals surface area contributed by atoms with Gasteiger partial charge in [0.15, 0.2) is 5.78 Å². The summed E-state index contributed by atoms with van der Waals surface area (Å²) in [5.74, 6) is 0.160. The molecule has 0 aromatic heterocycles. The van der Waals surface area contributed by atoms with E-state index >= 15 is 0 Å². The topological polar surface area (TPSA) is 17.1 Å². The molecule has 0 heterocycles. The summed E-state index contributed by atoms with van der Waals surface area (Å²) in [7, 11) is 0. The molecule has 1 heteroatoms. The predicted molar refractivity (Wildman–Crippen MR) is 62.0 cm³/mol. The molecule has 1 aromatic carbocycles. The SMILES string of the molecule is CC=C1Cc2ccccc2C(=O)C1=CC. The summed E-state index contributed by atoms with van der Waals surface area (Å²) >= 11 is 0. The van der Waals surface area contributed by atoms with E-state index in [-0.39, 0.29) is 5.78 Å². The minimum Gasteiger partial charge on any atom is -0.289 e. The smallest absolute Gasteiger partial charge is 0.193 e. The van der Waals surface area contributed by atoms with E-state index in [2.05, 4.69) is 0 Å². The lowest BCUT2D eigenvalue weighted by molar-refractivity contribution is 0.103. The molecule has 0 saturated carbocycles. The van der Waals surface area contributed by atoms with Crippen LogP contribution in [-0.4, -0.2) is 5.78 Å².